The van der Waals surface area contributed by atoms with Crippen molar-refractivity contribution in [3.8, 4) is 5.75 Å². The number of phenols is 1. The van der Waals surface area contributed by atoms with Gasteiger partial charge in [0.15, 0.2) is 0 Å². The molecule has 1 heterocycles. The first-order valence-corrected chi connectivity index (χ1v) is 5.09. The SMILES string of the molecule is O=C1Nc2c(O)cccc2NCC12CC2. The molecule has 78 valence electrons. The Kier molecular flexibility index (Phi) is 1.52. The summed E-state index contributed by atoms with van der Waals surface area (Å²) in [6.07, 6.45) is 1.86. The third kappa shape index (κ3) is 1.17. The summed E-state index contributed by atoms with van der Waals surface area (Å²) < 4.78 is 0. The van der Waals surface area contributed by atoms with Crippen molar-refractivity contribution in [3.63, 3.8) is 0 Å². The van der Waals surface area contributed by atoms with Crippen molar-refractivity contribution in [2.24, 2.45) is 5.41 Å². The predicted molar refractivity (Wildman–Crippen MR) is 56.9 cm³/mol. The van der Waals surface area contributed by atoms with Gasteiger partial charge in [0.1, 0.15) is 11.4 Å². The maximum atomic E-state index is 11.9. The lowest BCUT2D eigenvalue weighted by Gasteiger charge is -2.09. The molecule has 1 saturated carbocycles. The van der Waals surface area contributed by atoms with E-state index in [2.05, 4.69) is 10.6 Å². The van der Waals surface area contributed by atoms with Gasteiger partial charge in [0.2, 0.25) is 5.91 Å². The largest absolute Gasteiger partial charge is 0.506 e. The standard InChI is InChI=1S/C11H12N2O2/c14-8-3-1-2-7-9(8)13-10(15)11(4-5-11)6-12-7/h1-3,12,14H,4-6H2,(H,13,15). The average Bonchev–Trinajstić information content (AvgIpc) is 3.00. The molecule has 0 aromatic heterocycles. The van der Waals surface area contributed by atoms with Crippen LogP contribution in [0.2, 0.25) is 0 Å². The lowest BCUT2D eigenvalue weighted by molar-refractivity contribution is -0.120. The van der Waals surface area contributed by atoms with Gasteiger partial charge in [-0.05, 0) is 25.0 Å². The van der Waals surface area contributed by atoms with Crippen LogP contribution in [0, 0.1) is 5.41 Å². The van der Waals surface area contributed by atoms with Crippen LogP contribution in [0.3, 0.4) is 0 Å². The number of rotatable bonds is 0. The van der Waals surface area contributed by atoms with Gasteiger partial charge < -0.3 is 15.7 Å². The molecule has 0 unspecified atom stereocenters. The second-order valence-corrected chi connectivity index (χ2v) is 4.29. The van der Waals surface area contributed by atoms with E-state index in [0.29, 0.717) is 12.2 Å². The quantitative estimate of drug-likeness (QED) is 0.562. The van der Waals surface area contributed by atoms with Crippen molar-refractivity contribution in [1.82, 2.24) is 0 Å². The lowest BCUT2D eigenvalue weighted by atomic mass is 10.1. The number of anilines is 2. The van der Waals surface area contributed by atoms with Gasteiger partial charge in [-0.1, -0.05) is 6.07 Å². The molecule has 4 nitrogen and oxygen atoms in total. The lowest BCUT2D eigenvalue weighted by Crippen LogP contribution is -2.27. The molecule has 0 saturated heterocycles. The highest BCUT2D eigenvalue weighted by Gasteiger charge is 2.51. The number of hydrogen-bond donors (Lipinski definition) is 3. The monoisotopic (exact) mass is 204 g/mol. The molecule has 1 spiro atoms. The van der Waals surface area contributed by atoms with Crippen LogP contribution in [-0.4, -0.2) is 17.6 Å². The van der Waals surface area contributed by atoms with Crippen LogP contribution < -0.4 is 10.6 Å². The van der Waals surface area contributed by atoms with Crippen molar-refractivity contribution in [3.05, 3.63) is 18.2 Å². The summed E-state index contributed by atoms with van der Waals surface area (Å²) in [4.78, 5) is 11.9. The second kappa shape index (κ2) is 2.66. The minimum atomic E-state index is -0.231. The van der Waals surface area contributed by atoms with Crippen molar-refractivity contribution < 1.29 is 9.90 Å². The number of amides is 1. The van der Waals surface area contributed by atoms with Gasteiger partial charge in [-0.15, -0.1) is 0 Å². The maximum absolute atomic E-state index is 11.9. The normalized spacial score (nSPS) is 21.2. The maximum Gasteiger partial charge on any atom is 0.232 e. The van der Waals surface area contributed by atoms with E-state index in [4.69, 9.17) is 0 Å². The second-order valence-electron chi connectivity index (χ2n) is 4.29. The Bertz CT molecular complexity index is 438. The molecule has 1 aliphatic heterocycles. The zero-order valence-electron chi connectivity index (χ0n) is 8.21. The van der Waals surface area contributed by atoms with E-state index in [9.17, 15) is 9.90 Å². The Morgan fingerprint density at radius 1 is 1.33 bits per heavy atom. The fraction of sp³-hybridized carbons (Fsp3) is 0.364. The van der Waals surface area contributed by atoms with Crippen LogP contribution in [0.15, 0.2) is 18.2 Å². The van der Waals surface area contributed by atoms with Crippen molar-refractivity contribution >= 4 is 17.3 Å². The van der Waals surface area contributed by atoms with E-state index in [1.165, 1.54) is 0 Å². The fourth-order valence-electron chi connectivity index (χ4n) is 1.96. The molecule has 4 heteroatoms. The topological polar surface area (TPSA) is 61.4 Å². The molecule has 1 fully saturated rings. The highest BCUT2D eigenvalue weighted by atomic mass is 16.3. The van der Waals surface area contributed by atoms with Crippen molar-refractivity contribution in [2.75, 3.05) is 17.2 Å². The number of fused-ring (bicyclic) bond motifs is 1. The van der Waals surface area contributed by atoms with Crippen molar-refractivity contribution in [2.45, 2.75) is 12.8 Å². The number of phenolic OH excluding ortho intramolecular Hbond substituents is 1. The summed E-state index contributed by atoms with van der Waals surface area (Å²) in [5.41, 5.74) is 1.07. The fourth-order valence-corrected chi connectivity index (χ4v) is 1.96. The average molecular weight is 204 g/mol. The van der Waals surface area contributed by atoms with E-state index in [1.807, 2.05) is 6.07 Å². The van der Waals surface area contributed by atoms with Crippen LogP contribution in [-0.2, 0) is 4.79 Å². The minimum absolute atomic E-state index is 0.0234. The number of aromatic hydroxyl groups is 1. The molecule has 2 aliphatic rings. The first-order valence-electron chi connectivity index (χ1n) is 5.09. The summed E-state index contributed by atoms with van der Waals surface area (Å²) in [5.74, 6) is 0.140. The Morgan fingerprint density at radius 2 is 2.13 bits per heavy atom. The molecule has 0 bridgehead atoms. The number of carbonyl (C=O) groups is 1. The molecule has 1 aliphatic carbocycles. The molecular weight excluding hydrogens is 192 g/mol. The van der Waals surface area contributed by atoms with Gasteiger partial charge in [0, 0.05) is 6.54 Å². The number of para-hydroxylation sites is 1. The van der Waals surface area contributed by atoms with E-state index < -0.39 is 0 Å². The Hall–Kier alpha value is -1.71. The summed E-state index contributed by atoms with van der Waals surface area (Å²) in [7, 11) is 0. The molecule has 1 amide bonds. The molecule has 0 atom stereocenters. The molecular formula is C11H12N2O2. The minimum Gasteiger partial charge on any atom is -0.506 e. The number of hydrogen-bond acceptors (Lipinski definition) is 3. The molecule has 0 radical (unpaired) electrons. The molecule has 3 rings (SSSR count). The van der Waals surface area contributed by atoms with Crippen LogP contribution in [0.4, 0.5) is 11.4 Å². The molecule has 1 aromatic rings. The van der Waals surface area contributed by atoms with Crippen LogP contribution >= 0.6 is 0 Å². The number of benzene rings is 1. The van der Waals surface area contributed by atoms with Crippen molar-refractivity contribution in [1.29, 1.82) is 0 Å². The van der Waals surface area contributed by atoms with E-state index in [0.717, 1.165) is 18.5 Å². The van der Waals surface area contributed by atoms with Gasteiger partial charge >= 0.3 is 0 Å². The van der Waals surface area contributed by atoms with Crippen LogP contribution in [0.5, 0.6) is 5.75 Å². The number of nitrogens with one attached hydrogen (secondary N) is 2. The van der Waals surface area contributed by atoms with Crippen LogP contribution in [0.25, 0.3) is 0 Å². The number of carbonyl (C=O) groups excluding carboxylic acids is 1. The van der Waals surface area contributed by atoms with Gasteiger partial charge in [0.05, 0.1) is 11.1 Å². The highest BCUT2D eigenvalue weighted by Crippen LogP contribution is 2.49. The van der Waals surface area contributed by atoms with E-state index in [-0.39, 0.29) is 17.1 Å². The summed E-state index contributed by atoms with van der Waals surface area (Å²) in [5, 5.41) is 15.6. The van der Waals surface area contributed by atoms with Gasteiger partial charge in [-0.3, -0.25) is 4.79 Å². The predicted octanol–water partition coefficient (Wildman–Crippen LogP) is 1.54. The summed E-state index contributed by atoms with van der Waals surface area (Å²) >= 11 is 0. The Balaban J connectivity index is 2.04. The van der Waals surface area contributed by atoms with Gasteiger partial charge in [-0.25, -0.2) is 0 Å². The van der Waals surface area contributed by atoms with E-state index in [1.54, 1.807) is 12.1 Å². The zero-order valence-corrected chi connectivity index (χ0v) is 8.21. The van der Waals surface area contributed by atoms with Gasteiger partial charge in [0.25, 0.3) is 0 Å². The Morgan fingerprint density at radius 3 is 2.87 bits per heavy atom. The zero-order chi connectivity index (χ0) is 10.5. The summed E-state index contributed by atoms with van der Waals surface area (Å²) in [6.45, 7) is 0.662. The van der Waals surface area contributed by atoms with E-state index >= 15 is 0 Å². The third-order valence-electron chi connectivity index (χ3n) is 3.23. The van der Waals surface area contributed by atoms with Crippen LogP contribution in [0.1, 0.15) is 12.8 Å². The first-order chi connectivity index (χ1) is 7.21. The highest BCUT2D eigenvalue weighted by molar-refractivity contribution is 6.02. The Labute approximate surface area is 87.3 Å². The molecule has 1 aromatic carbocycles. The smallest absolute Gasteiger partial charge is 0.232 e. The van der Waals surface area contributed by atoms with Gasteiger partial charge in [-0.2, -0.15) is 0 Å². The molecule has 3 N–H and O–H groups in total. The first kappa shape index (κ1) is 8.59. The third-order valence-corrected chi connectivity index (χ3v) is 3.23. The molecule has 15 heavy (non-hydrogen) atoms. The summed E-state index contributed by atoms with van der Waals surface area (Å²) in [6, 6.07) is 5.20.